The summed E-state index contributed by atoms with van der Waals surface area (Å²) in [5, 5.41) is 20.2. The molecular weight excluding hydrogens is 412 g/mol. The van der Waals surface area contributed by atoms with Gasteiger partial charge in [-0.15, -0.1) is 0 Å². The van der Waals surface area contributed by atoms with Crippen molar-refractivity contribution in [3.63, 3.8) is 0 Å². The van der Waals surface area contributed by atoms with Crippen LogP contribution < -0.4 is 10.8 Å². The van der Waals surface area contributed by atoms with Crippen LogP contribution in [0.25, 0.3) is 0 Å². The molecule has 0 aromatic heterocycles. The van der Waals surface area contributed by atoms with Gasteiger partial charge in [0.15, 0.2) is 9.84 Å². The van der Waals surface area contributed by atoms with E-state index in [-0.39, 0.29) is 24.3 Å². The van der Waals surface area contributed by atoms with Crippen LogP contribution in [0.2, 0.25) is 0 Å². The lowest BCUT2D eigenvalue weighted by molar-refractivity contribution is -0.139. The van der Waals surface area contributed by atoms with Crippen molar-refractivity contribution in [3.05, 3.63) is 35.4 Å². The number of aliphatic hydroxyl groups is 1. The molecule has 30 heavy (non-hydrogen) atoms. The maximum atomic E-state index is 12.6. The van der Waals surface area contributed by atoms with Crippen molar-refractivity contribution in [1.29, 1.82) is 0 Å². The number of hydrogen-bond acceptors (Lipinski definition) is 7. The number of hydrogen-bond donors (Lipinski definition) is 4. The number of rotatable bonds is 6. The number of carbonyl (C=O) groups excluding carboxylic acids is 2. The summed E-state index contributed by atoms with van der Waals surface area (Å²) < 4.78 is 29.2. The Labute approximate surface area is 174 Å². The first-order chi connectivity index (χ1) is 14.3. The number of methoxy groups -OCH3 is 1. The van der Waals surface area contributed by atoms with Crippen molar-refractivity contribution in [2.75, 3.05) is 25.2 Å². The average Bonchev–Trinajstić information content (AvgIpc) is 3.07. The quantitative estimate of drug-likeness (QED) is 0.262. The van der Waals surface area contributed by atoms with Gasteiger partial charge in [-0.25, -0.2) is 13.9 Å². The van der Waals surface area contributed by atoms with Crippen molar-refractivity contribution in [1.82, 2.24) is 10.8 Å². The first kappa shape index (κ1) is 23.4. The van der Waals surface area contributed by atoms with E-state index in [0.717, 1.165) is 0 Å². The summed E-state index contributed by atoms with van der Waals surface area (Å²) in [4.78, 5) is 24.8. The smallest absolute Gasteiger partial charge is 0.268 e. The number of ether oxygens (including phenoxy) is 1. The number of aliphatic hydroxyl groups excluding tert-OH is 1. The largest absolute Gasteiger partial charge is 0.395 e. The van der Waals surface area contributed by atoms with E-state index in [1.807, 2.05) is 0 Å². The minimum Gasteiger partial charge on any atom is -0.395 e. The fourth-order valence-electron chi connectivity index (χ4n) is 3.04. The van der Waals surface area contributed by atoms with Crippen LogP contribution in [0.1, 0.15) is 28.8 Å². The first-order valence-corrected chi connectivity index (χ1v) is 10.8. The van der Waals surface area contributed by atoms with Gasteiger partial charge in [-0.3, -0.25) is 14.8 Å². The lowest BCUT2D eigenvalue weighted by Crippen LogP contribution is -2.61. The summed E-state index contributed by atoms with van der Waals surface area (Å²) in [5.41, 5.74) is 0.776. The predicted molar refractivity (Wildman–Crippen MR) is 107 cm³/mol. The van der Waals surface area contributed by atoms with Gasteiger partial charge < -0.3 is 15.2 Å². The molecule has 1 aliphatic rings. The van der Waals surface area contributed by atoms with Crippen LogP contribution in [0.3, 0.4) is 0 Å². The Morgan fingerprint density at radius 1 is 1.27 bits per heavy atom. The normalized spacial score (nSPS) is 20.1. The summed E-state index contributed by atoms with van der Waals surface area (Å²) in [7, 11) is -2.20. The summed E-state index contributed by atoms with van der Waals surface area (Å²) in [6.07, 6.45) is 0.330. The number of carbonyl (C=O) groups is 2. The van der Waals surface area contributed by atoms with Crippen LogP contribution in [0.5, 0.6) is 0 Å². The van der Waals surface area contributed by atoms with E-state index < -0.39 is 39.0 Å². The highest BCUT2D eigenvalue weighted by atomic mass is 32.2. The highest BCUT2D eigenvalue weighted by Gasteiger charge is 2.52. The standard InChI is InChI=1S/C20H22N2O7S/c1-29-20(11-13-30(27,28)14-20)17(19(25)22-26)21-18(24)16-9-7-15(8-10-16)6-4-2-3-5-12-23/h7-10,17,23,26H,5,11-14H2,1H3,(H,21,24)(H,22,25)/t17?,20-/m0/s1. The number of sulfone groups is 1. The van der Waals surface area contributed by atoms with Gasteiger partial charge in [0, 0.05) is 24.7 Å². The Morgan fingerprint density at radius 3 is 2.50 bits per heavy atom. The summed E-state index contributed by atoms with van der Waals surface area (Å²) >= 11 is 0. The Hall–Kier alpha value is -2.89. The molecule has 0 radical (unpaired) electrons. The highest BCUT2D eigenvalue weighted by molar-refractivity contribution is 7.91. The SMILES string of the molecule is CO[C@@]1(C(NC(=O)c2ccc(C#CC#CCCO)cc2)C(=O)NO)CCS(=O)(=O)C1. The second kappa shape index (κ2) is 10.2. The van der Waals surface area contributed by atoms with Gasteiger partial charge in [0.05, 0.1) is 18.1 Å². The second-order valence-electron chi connectivity index (χ2n) is 6.60. The monoisotopic (exact) mass is 434 g/mol. The minimum atomic E-state index is -3.45. The molecule has 1 aromatic carbocycles. The zero-order chi connectivity index (χ0) is 22.2. The molecule has 0 spiro atoms. The van der Waals surface area contributed by atoms with Gasteiger partial charge in [0.1, 0.15) is 11.6 Å². The predicted octanol–water partition coefficient (Wildman–Crippen LogP) is -0.769. The fourth-order valence-corrected chi connectivity index (χ4v) is 5.01. The molecule has 1 fully saturated rings. The van der Waals surface area contributed by atoms with Crippen molar-refractivity contribution >= 4 is 21.7 Å². The molecule has 2 rings (SSSR count). The number of nitrogens with one attached hydrogen (secondary N) is 2. The van der Waals surface area contributed by atoms with Gasteiger partial charge >= 0.3 is 0 Å². The second-order valence-corrected chi connectivity index (χ2v) is 8.78. The molecule has 1 saturated heterocycles. The van der Waals surface area contributed by atoms with E-state index in [9.17, 15) is 18.0 Å². The lowest BCUT2D eigenvalue weighted by Gasteiger charge is -2.34. The van der Waals surface area contributed by atoms with E-state index >= 15 is 0 Å². The van der Waals surface area contributed by atoms with E-state index in [2.05, 4.69) is 29.0 Å². The molecule has 0 saturated carbocycles. The molecule has 4 N–H and O–H groups in total. The fraction of sp³-hybridized carbons (Fsp3) is 0.400. The molecule has 0 aliphatic carbocycles. The van der Waals surface area contributed by atoms with E-state index in [1.54, 1.807) is 12.1 Å². The first-order valence-electron chi connectivity index (χ1n) is 8.97. The van der Waals surface area contributed by atoms with E-state index in [4.69, 9.17) is 15.1 Å². The lowest BCUT2D eigenvalue weighted by atomic mass is 9.92. The van der Waals surface area contributed by atoms with Crippen LogP contribution in [-0.2, 0) is 19.4 Å². The van der Waals surface area contributed by atoms with Gasteiger partial charge in [0.2, 0.25) is 0 Å². The molecular formula is C20H22N2O7S. The maximum Gasteiger partial charge on any atom is 0.268 e. The number of amides is 2. The van der Waals surface area contributed by atoms with Crippen molar-refractivity contribution in [3.8, 4) is 23.7 Å². The third kappa shape index (κ3) is 5.81. The molecule has 2 atom stereocenters. The Balaban J connectivity index is 2.18. The van der Waals surface area contributed by atoms with Gasteiger partial charge in [0.25, 0.3) is 11.8 Å². The molecule has 1 aromatic rings. The molecule has 1 aliphatic heterocycles. The molecule has 10 heteroatoms. The summed E-state index contributed by atoms with van der Waals surface area (Å²) in [6.45, 7) is -0.0376. The van der Waals surface area contributed by atoms with Crippen LogP contribution in [0.4, 0.5) is 0 Å². The third-order valence-corrected chi connectivity index (χ3v) is 6.38. The van der Waals surface area contributed by atoms with Crippen LogP contribution in [0, 0.1) is 23.7 Å². The highest BCUT2D eigenvalue weighted by Crippen LogP contribution is 2.30. The molecule has 160 valence electrons. The molecule has 1 heterocycles. The zero-order valence-corrected chi connectivity index (χ0v) is 17.1. The van der Waals surface area contributed by atoms with E-state index in [0.29, 0.717) is 12.0 Å². The number of benzene rings is 1. The van der Waals surface area contributed by atoms with Gasteiger partial charge in [-0.1, -0.05) is 11.8 Å². The molecule has 2 amide bonds. The van der Waals surface area contributed by atoms with Crippen molar-refractivity contribution in [2.45, 2.75) is 24.5 Å². The van der Waals surface area contributed by atoms with Crippen LogP contribution >= 0.6 is 0 Å². The Kier molecular flexibility index (Phi) is 7.98. The zero-order valence-electron chi connectivity index (χ0n) is 16.3. The maximum absolute atomic E-state index is 12.6. The molecule has 9 nitrogen and oxygen atoms in total. The molecule has 0 bridgehead atoms. The topological polar surface area (TPSA) is 142 Å². The molecule has 1 unspecified atom stereocenters. The Morgan fingerprint density at radius 2 is 1.97 bits per heavy atom. The van der Waals surface area contributed by atoms with Crippen LogP contribution in [0.15, 0.2) is 24.3 Å². The minimum absolute atomic E-state index is 0.00392. The summed E-state index contributed by atoms with van der Waals surface area (Å²) in [6, 6.07) is 4.73. The third-order valence-electron chi connectivity index (χ3n) is 4.62. The van der Waals surface area contributed by atoms with Gasteiger partial charge in [-0.05, 0) is 42.5 Å². The van der Waals surface area contributed by atoms with Crippen molar-refractivity contribution < 1.29 is 33.1 Å². The average molecular weight is 434 g/mol. The Bertz CT molecular complexity index is 1010. The van der Waals surface area contributed by atoms with Gasteiger partial charge in [-0.2, -0.15) is 0 Å². The van der Waals surface area contributed by atoms with Crippen LogP contribution in [-0.4, -0.2) is 67.4 Å². The summed E-state index contributed by atoms with van der Waals surface area (Å²) in [5.74, 6) is 8.38. The van der Waals surface area contributed by atoms with E-state index in [1.165, 1.54) is 24.7 Å². The number of hydroxylamine groups is 1. The van der Waals surface area contributed by atoms with Crippen molar-refractivity contribution in [2.24, 2.45) is 0 Å².